The normalized spacial score (nSPS) is 21.0. The van der Waals surface area contributed by atoms with E-state index in [2.05, 4.69) is 22.8 Å². The molecule has 0 unspecified atom stereocenters. The van der Waals surface area contributed by atoms with Crippen LogP contribution in [0.15, 0.2) is 60.2 Å². The molecule has 2 aromatic rings. The number of rotatable bonds is 6. The van der Waals surface area contributed by atoms with E-state index in [1.165, 1.54) is 11.1 Å². The van der Waals surface area contributed by atoms with Gasteiger partial charge in [0.1, 0.15) is 19.0 Å². The van der Waals surface area contributed by atoms with Crippen LogP contribution < -0.4 is 15.4 Å². The van der Waals surface area contributed by atoms with E-state index in [0.29, 0.717) is 31.9 Å². The first-order chi connectivity index (χ1) is 19.0. The lowest BCUT2D eigenvalue weighted by molar-refractivity contribution is -0.139. The van der Waals surface area contributed by atoms with Crippen LogP contribution in [0, 0.1) is 0 Å². The molecule has 2 aromatic carbocycles. The summed E-state index contributed by atoms with van der Waals surface area (Å²) in [4.78, 5) is 39.4. The summed E-state index contributed by atoms with van der Waals surface area (Å²) in [6.45, 7) is 2.94. The number of hydrogen-bond acceptors (Lipinski definition) is 5. The fraction of sp³-hybridized carbons (Fsp3) is 0.414. The van der Waals surface area contributed by atoms with Crippen LogP contribution in [0.25, 0.3) is 5.57 Å². The first kappa shape index (κ1) is 26.6. The molecule has 0 saturated carbocycles. The van der Waals surface area contributed by atoms with Crippen LogP contribution in [0.4, 0.5) is 9.59 Å². The molecule has 10 heteroatoms. The quantitative estimate of drug-likeness (QED) is 0.490. The summed E-state index contributed by atoms with van der Waals surface area (Å²) in [5.74, 6) is 0.550. The molecule has 3 aliphatic heterocycles. The number of hydrogen-bond donors (Lipinski definition) is 3. The molecule has 3 heterocycles. The third-order valence-electron chi connectivity index (χ3n) is 7.44. The Morgan fingerprint density at radius 3 is 2.44 bits per heavy atom. The zero-order valence-electron chi connectivity index (χ0n) is 21.8. The van der Waals surface area contributed by atoms with Gasteiger partial charge in [0.2, 0.25) is 5.91 Å². The van der Waals surface area contributed by atoms with Gasteiger partial charge in [0.25, 0.3) is 0 Å². The smallest absolute Gasteiger partial charge is 0.404 e. The minimum Gasteiger partial charge on any atom is -0.492 e. The number of nitrogens with one attached hydrogen (secondary N) is 2. The fourth-order valence-corrected chi connectivity index (χ4v) is 5.52. The molecule has 10 nitrogen and oxygen atoms in total. The van der Waals surface area contributed by atoms with Gasteiger partial charge in [0, 0.05) is 26.2 Å². The van der Waals surface area contributed by atoms with Gasteiger partial charge < -0.3 is 35.0 Å². The SMILES string of the molecule is O=C(O)NCCOc1ccc(C(=C2CCN(C(=O)N3CC[C@@H]4OCC(=O)N[C@@H]4C3)CC2)c2ccccc2)cc1. The van der Waals surface area contributed by atoms with Crippen molar-refractivity contribution in [2.75, 3.05) is 45.9 Å². The zero-order chi connectivity index (χ0) is 27.2. The monoisotopic (exact) mass is 534 g/mol. The standard InChI is InChI=1S/C29H34N4O6/c34-26-19-39-25-12-16-33(18-24(25)31-26)29(37)32-14-10-22(11-15-32)27(20-4-2-1-3-5-20)21-6-8-23(9-7-21)38-17-13-30-28(35)36/h1-9,24-25,30H,10-19H2,(H,31,34)(H,35,36)/t24-,25+/m1/s1. The largest absolute Gasteiger partial charge is 0.492 e. The number of piperidine rings is 2. The minimum absolute atomic E-state index is 0.0192. The van der Waals surface area contributed by atoms with Crippen molar-refractivity contribution in [2.45, 2.75) is 31.4 Å². The highest BCUT2D eigenvalue weighted by Gasteiger charge is 2.37. The van der Waals surface area contributed by atoms with E-state index in [4.69, 9.17) is 14.6 Å². The molecule has 206 valence electrons. The van der Waals surface area contributed by atoms with Crippen LogP contribution in [0.3, 0.4) is 0 Å². The van der Waals surface area contributed by atoms with E-state index in [-0.39, 0.29) is 43.8 Å². The van der Waals surface area contributed by atoms with E-state index in [1.807, 2.05) is 52.3 Å². The summed E-state index contributed by atoms with van der Waals surface area (Å²) in [7, 11) is 0. The molecule has 0 aliphatic carbocycles. The molecule has 3 aliphatic rings. The van der Waals surface area contributed by atoms with Crippen LogP contribution >= 0.6 is 0 Å². The van der Waals surface area contributed by atoms with Crippen molar-refractivity contribution >= 4 is 23.6 Å². The average molecular weight is 535 g/mol. The lowest BCUT2D eigenvalue weighted by atomic mass is 9.88. The van der Waals surface area contributed by atoms with E-state index in [1.54, 1.807) is 0 Å². The second kappa shape index (κ2) is 12.2. The summed E-state index contributed by atoms with van der Waals surface area (Å²) < 4.78 is 11.3. The summed E-state index contributed by atoms with van der Waals surface area (Å²) in [6.07, 6.45) is 1.18. The van der Waals surface area contributed by atoms with Gasteiger partial charge in [0.15, 0.2) is 0 Å². The van der Waals surface area contributed by atoms with Crippen molar-refractivity contribution in [3.8, 4) is 5.75 Å². The van der Waals surface area contributed by atoms with Gasteiger partial charge in [-0.3, -0.25) is 4.79 Å². The maximum atomic E-state index is 13.3. The van der Waals surface area contributed by atoms with Gasteiger partial charge in [-0.15, -0.1) is 0 Å². The van der Waals surface area contributed by atoms with Gasteiger partial charge in [-0.1, -0.05) is 48.0 Å². The Labute approximate surface area is 227 Å². The Kier molecular flexibility index (Phi) is 8.31. The number of ether oxygens (including phenoxy) is 2. The van der Waals surface area contributed by atoms with Crippen LogP contribution in [0.2, 0.25) is 0 Å². The fourth-order valence-electron chi connectivity index (χ4n) is 5.52. The van der Waals surface area contributed by atoms with Crippen molar-refractivity contribution in [3.63, 3.8) is 0 Å². The van der Waals surface area contributed by atoms with Crippen LogP contribution in [0.1, 0.15) is 30.4 Å². The average Bonchev–Trinajstić information content (AvgIpc) is 2.96. The van der Waals surface area contributed by atoms with Crippen molar-refractivity contribution in [1.82, 2.24) is 20.4 Å². The maximum Gasteiger partial charge on any atom is 0.404 e. The molecule has 39 heavy (non-hydrogen) atoms. The Morgan fingerprint density at radius 2 is 1.72 bits per heavy atom. The Morgan fingerprint density at radius 1 is 1.00 bits per heavy atom. The van der Waals surface area contributed by atoms with Crippen molar-refractivity contribution in [3.05, 3.63) is 71.3 Å². The van der Waals surface area contributed by atoms with E-state index < -0.39 is 6.09 Å². The number of benzene rings is 2. The number of carbonyl (C=O) groups excluding carboxylic acids is 2. The zero-order valence-corrected chi connectivity index (χ0v) is 21.8. The number of carbonyl (C=O) groups is 3. The number of carboxylic acid groups (broad SMARTS) is 1. The maximum absolute atomic E-state index is 13.3. The second-order valence-electron chi connectivity index (χ2n) is 9.98. The molecule has 0 radical (unpaired) electrons. The number of urea groups is 1. The van der Waals surface area contributed by atoms with E-state index >= 15 is 0 Å². The van der Waals surface area contributed by atoms with Crippen LogP contribution in [-0.2, 0) is 9.53 Å². The molecular weight excluding hydrogens is 500 g/mol. The van der Waals surface area contributed by atoms with Gasteiger partial charge in [0.05, 0.1) is 18.7 Å². The van der Waals surface area contributed by atoms with Crippen molar-refractivity contribution in [2.24, 2.45) is 0 Å². The molecule has 3 saturated heterocycles. The Hall–Kier alpha value is -4.05. The van der Waals surface area contributed by atoms with E-state index in [0.717, 1.165) is 30.4 Å². The minimum atomic E-state index is -1.07. The summed E-state index contributed by atoms with van der Waals surface area (Å²) in [5, 5.41) is 13.9. The molecule has 2 atom stereocenters. The molecule has 5 rings (SSSR count). The number of morpholine rings is 1. The topological polar surface area (TPSA) is 120 Å². The second-order valence-corrected chi connectivity index (χ2v) is 9.98. The molecule has 4 amide bonds. The van der Waals surface area contributed by atoms with Gasteiger partial charge in [-0.2, -0.15) is 0 Å². The number of likely N-dealkylation sites (tertiary alicyclic amines) is 2. The molecule has 3 fully saturated rings. The predicted molar refractivity (Wildman–Crippen MR) is 144 cm³/mol. The first-order valence-electron chi connectivity index (χ1n) is 13.4. The highest BCUT2D eigenvalue weighted by Crippen LogP contribution is 2.33. The summed E-state index contributed by atoms with van der Waals surface area (Å²) >= 11 is 0. The predicted octanol–water partition coefficient (Wildman–Crippen LogP) is 2.94. The molecule has 0 spiro atoms. The Balaban J connectivity index is 1.26. The molecule has 0 aromatic heterocycles. The van der Waals surface area contributed by atoms with Gasteiger partial charge in [-0.05, 0) is 48.1 Å². The number of nitrogens with zero attached hydrogens (tertiary/aromatic N) is 2. The lowest BCUT2D eigenvalue weighted by Gasteiger charge is -2.43. The van der Waals surface area contributed by atoms with Crippen molar-refractivity contribution < 1.29 is 29.0 Å². The first-order valence-corrected chi connectivity index (χ1v) is 13.4. The van der Waals surface area contributed by atoms with Gasteiger partial charge >= 0.3 is 12.1 Å². The summed E-state index contributed by atoms with van der Waals surface area (Å²) in [6, 6.07) is 18.0. The summed E-state index contributed by atoms with van der Waals surface area (Å²) in [5.41, 5.74) is 4.67. The Bertz CT molecular complexity index is 1210. The third-order valence-corrected chi connectivity index (χ3v) is 7.44. The number of fused-ring (bicyclic) bond motifs is 1. The highest BCUT2D eigenvalue weighted by molar-refractivity contribution is 5.83. The van der Waals surface area contributed by atoms with E-state index in [9.17, 15) is 14.4 Å². The van der Waals surface area contributed by atoms with Crippen molar-refractivity contribution in [1.29, 1.82) is 0 Å². The molecule has 0 bridgehead atoms. The third kappa shape index (κ3) is 6.51. The highest BCUT2D eigenvalue weighted by atomic mass is 16.5. The van der Waals surface area contributed by atoms with Crippen LogP contribution in [-0.4, -0.2) is 91.0 Å². The molecular formula is C29H34N4O6. The number of amides is 4. The molecule has 3 N–H and O–H groups in total. The van der Waals surface area contributed by atoms with Gasteiger partial charge in [-0.25, -0.2) is 9.59 Å². The van der Waals surface area contributed by atoms with Crippen LogP contribution in [0.5, 0.6) is 5.75 Å². The lowest BCUT2D eigenvalue weighted by Crippen LogP contribution is -2.62.